The van der Waals surface area contributed by atoms with Gasteiger partial charge in [-0.2, -0.15) is 0 Å². The summed E-state index contributed by atoms with van der Waals surface area (Å²) in [6.45, 7) is 6.81. The van der Waals surface area contributed by atoms with Crippen LogP contribution in [-0.4, -0.2) is 41.4 Å². The van der Waals surface area contributed by atoms with Crippen LogP contribution in [0.2, 0.25) is 0 Å². The third-order valence-electron chi connectivity index (χ3n) is 5.39. The van der Waals surface area contributed by atoms with E-state index in [2.05, 4.69) is 22.8 Å². The molecule has 3 rings (SSSR count). The monoisotopic (exact) mass is 357 g/mol. The average Bonchev–Trinajstić information content (AvgIpc) is 3.12. The van der Waals surface area contributed by atoms with E-state index < -0.39 is 11.6 Å². The maximum Gasteiger partial charge on any atom is 0.322 e. The van der Waals surface area contributed by atoms with E-state index in [1.54, 1.807) is 4.90 Å². The number of carbonyl (C=O) groups is 3. The van der Waals surface area contributed by atoms with Gasteiger partial charge in [0.1, 0.15) is 5.54 Å². The van der Waals surface area contributed by atoms with Crippen LogP contribution in [0.5, 0.6) is 0 Å². The lowest BCUT2D eigenvalue weighted by atomic mass is 9.80. The molecular formula is C20H27N3O3. The fourth-order valence-corrected chi connectivity index (χ4v) is 4.20. The number of hydrogen-bond acceptors (Lipinski definition) is 3. The van der Waals surface area contributed by atoms with Crippen molar-refractivity contribution in [1.29, 1.82) is 0 Å². The predicted molar refractivity (Wildman–Crippen MR) is 99.2 cm³/mol. The summed E-state index contributed by atoms with van der Waals surface area (Å²) >= 11 is 0. The van der Waals surface area contributed by atoms with Gasteiger partial charge in [-0.05, 0) is 57.6 Å². The van der Waals surface area contributed by atoms with E-state index in [-0.39, 0.29) is 24.3 Å². The Labute approximate surface area is 154 Å². The second-order valence-corrected chi connectivity index (χ2v) is 7.65. The lowest BCUT2D eigenvalue weighted by molar-refractivity contribution is -0.134. The summed E-state index contributed by atoms with van der Waals surface area (Å²) in [5.41, 5.74) is 2.54. The zero-order valence-electron chi connectivity index (χ0n) is 15.7. The van der Waals surface area contributed by atoms with E-state index in [0.717, 1.165) is 24.8 Å². The van der Waals surface area contributed by atoms with Gasteiger partial charge < -0.3 is 10.2 Å². The molecule has 26 heavy (non-hydrogen) atoms. The Morgan fingerprint density at radius 2 is 2.08 bits per heavy atom. The summed E-state index contributed by atoms with van der Waals surface area (Å²) in [5, 5.41) is 5.00. The van der Waals surface area contributed by atoms with Gasteiger partial charge in [0.25, 0.3) is 5.91 Å². The quantitative estimate of drug-likeness (QED) is 0.762. The normalized spacial score (nSPS) is 28.7. The molecule has 4 amide bonds. The van der Waals surface area contributed by atoms with Gasteiger partial charge in [0.2, 0.25) is 5.91 Å². The predicted octanol–water partition coefficient (Wildman–Crippen LogP) is 2.44. The van der Waals surface area contributed by atoms with Crippen LogP contribution in [0.1, 0.15) is 46.5 Å². The molecule has 2 atom stereocenters. The molecule has 0 radical (unpaired) electrons. The van der Waals surface area contributed by atoms with E-state index in [1.807, 2.05) is 26.8 Å². The Balaban J connectivity index is 1.85. The molecule has 2 heterocycles. The van der Waals surface area contributed by atoms with Gasteiger partial charge in [-0.25, -0.2) is 4.79 Å². The summed E-state index contributed by atoms with van der Waals surface area (Å²) in [6, 6.07) is -0.470. The fraction of sp³-hybridized carbons (Fsp3) is 0.550. The van der Waals surface area contributed by atoms with Crippen molar-refractivity contribution in [3.05, 3.63) is 34.9 Å². The van der Waals surface area contributed by atoms with Gasteiger partial charge in [0.15, 0.2) is 0 Å². The number of nitrogens with one attached hydrogen (secondary N) is 2. The second-order valence-electron chi connectivity index (χ2n) is 7.65. The van der Waals surface area contributed by atoms with E-state index in [1.165, 1.54) is 11.1 Å². The third kappa shape index (κ3) is 3.32. The SMILES string of the molecule is C/C=C\C1=C(C=C(C)C)C(C(=O)N2CCC3(C2)NC(=O)NC3=O)CCC1. The van der Waals surface area contributed by atoms with Gasteiger partial charge >= 0.3 is 6.03 Å². The number of allylic oxidation sites excluding steroid dienone is 5. The first kappa shape index (κ1) is 18.4. The summed E-state index contributed by atoms with van der Waals surface area (Å²) in [4.78, 5) is 38.7. The number of likely N-dealkylation sites (tertiary alicyclic amines) is 1. The molecule has 0 aromatic heterocycles. The van der Waals surface area contributed by atoms with Crippen LogP contribution in [0, 0.1) is 5.92 Å². The molecule has 6 heteroatoms. The third-order valence-corrected chi connectivity index (χ3v) is 5.39. The average molecular weight is 357 g/mol. The molecule has 1 aliphatic carbocycles. The van der Waals surface area contributed by atoms with Crippen LogP contribution >= 0.6 is 0 Å². The Kier molecular flexibility index (Phi) is 5.03. The first-order chi connectivity index (χ1) is 12.4. The molecule has 0 aromatic carbocycles. The van der Waals surface area contributed by atoms with Crippen molar-refractivity contribution < 1.29 is 14.4 Å². The highest BCUT2D eigenvalue weighted by atomic mass is 16.2. The first-order valence-corrected chi connectivity index (χ1v) is 9.29. The largest absolute Gasteiger partial charge is 0.339 e. The van der Waals surface area contributed by atoms with Crippen molar-refractivity contribution in [2.75, 3.05) is 13.1 Å². The van der Waals surface area contributed by atoms with Crippen molar-refractivity contribution in [3.8, 4) is 0 Å². The van der Waals surface area contributed by atoms with Gasteiger partial charge in [-0.15, -0.1) is 0 Å². The lowest BCUT2D eigenvalue weighted by Crippen LogP contribution is -2.50. The molecule has 0 aromatic rings. The first-order valence-electron chi connectivity index (χ1n) is 9.29. The van der Waals surface area contributed by atoms with Crippen molar-refractivity contribution in [1.82, 2.24) is 15.5 Å². The van der Waals surface area contributed by atoms with Crippen molar-refractivity contribution in [2.45, 2.75) is 52.0 Å². The van der Waals surface area contributed by atoms with Crippen LogP contribution in [0.4, 0.5) is 4.79 Å². The summed E-state index contributed by atoms with van der Waals surface area (Å²) < 4.78 is 0. The highest BCUT2D eigenvalue weighted by molar-refractivity contribution is 6.07. The summed E-state index contributed by atoms with van der Waals surface area (Å²) in [5.74, 6) is -0.443. The van der Waals surface area contributed by atoms with Gasteiger partial charge in [-0.3, -0.25) is 14.9 Å². The summed E-state index contributed by atoms with van der Waals surface area (Å²) in [7, 11) is 0. The molecule has 140 valence electrons. The van der Waals surface area contributed by atoms with E-state index in [4.69, 9.17) is 0 Å². The van der Waals surface area contributed by atoms with Crippen LogP contribution in [-0.2, 0) is 9.59 Å². The Morgan fingerprint density at radius 1 is 1.31 bits per heavy atom. The number of nitrogens with zero attached hydrogens (tertiary/aromatic N) is 1. The molecule has 2 N–H and O–H groups in total. The minimum Gasteiger partial charge on any atom is -0.339 e. The molecule has 3 aliphatic rings. The molecule has 1 spiro atoms. The van der Waals surface area contributed by atoms with Crippen LogP contribution in [0.25, 0.3) is 0 Å². The molecule has 2 unspecified atom stereocenters. The second kappa shape index (κ2) is 7.09. The van der Waals surface area contributed by atoms with E-state index in [0.29, 0.717) is 13.0 Å². The Bertz CT molecular complexity index is 731. The number of rotatable bonds is 3. The topological polar surface area (TPSA) is 78.5 Å². The van der Waals surface area contributed by atoms with Crippen molar-refractivity contribution in [3.63, 3.8) is 0 Å². The van der Waals surface area contributed by atoms with E-state index in [9.17, 15) is 14.4 Å². The van der Waals surface area contributed by atoms with Crippen molar-refractivity contribution >= 4 is 17.8 Å². The molecule has 6 nitrogen and oxygen atoms in total. The molecule has 2 fully saturated rings. The van der Waals surface area contributed by atoms with Gasteiger partial charge in [0.05, 0.1) is 12.5 Å². The number of imide groups is 1. The molecule has 2 aliphatic heterocycles. The minimum absolute atomic E-state index is 0.0602. The lowest BCUT2D eigenvalue weighted by Gasteiger charge is -2.30. The highest BCUT2D eigenvalue weighted by Gasteiger charge is 2.52. The summed E-state index contributed by atoms with van der Waals surface area (Å²) in [6.07, 6.45) is 9.48. The molecule has 0 saturated carbocycles. The highest BCUT2D eigenvalue weighted by Crippen LogP contribution is 2.36. The number of urea groups is 1. The molecular weight excluding hydrogens is 330 g/mol. The van der Waals surface area contributed by atoms with Crippen LogP contribution in [0.15, 0.2) is 34.9 Å². The maximum absolute atomic E-state index is 13.3. The van der Waals surface area contributed by atoms with Gasteiger partial charge in [-0.1, -0.05) is 23.8 Å². The maximum atomic E-state index is 13.3. The Hall–Kier alpha value is -2.37. The van der Waals surface area contributed by atoms with Crippen molar-refractivity contribution in [2.24, 2.45) is 5.92 Å². The molecule has 0 bridgehead atoms. The number of amides is 4. The standard InChI is InChI=1S/C20H27N3O3/c1-4-6-14-7-5-8-15(16(14)11-13(2)3)17(24)23-10-9-20(12-23)18(25)21-19(26)22-20/h4,6,11,15H,5,7-10,12H2,1-3H3,(H2,21,22,25,26)/b6-4-. The zero-order chi connectivity index (χ0) is 18.9. The van der Waals surface area contributed by atoms with Crippen LogP contribution < -0.4 is 10.6 Å². The van der Waals surface area contributed by atoms with Crippen LogP contribution in [0.3, 0.4) is 0 Å². The van der Waals surface area contributed by atoms with Gasteiger partial charge in [0, 0.05) is 6.54 Å². The Morgan fingerprint density at radius 3 is 2.69 bits per heavy atom. The number of carbonyl (C=O) groups excluding carboxylic acids is 3. The smallest absolute Gasteiger partial charge is 0.322 e. The minimum atomic E-state index is -0.950. The van der Waals surface area contributed by atoms with E-state index >= 15 is 0 Å². The molecule has 2 saturated heterocycles. The fourth-order valence-electron chi connectivity index (χ4n) is 4.20. The zero-order valence-corrected chi connectivity index (χ0v) is 15.7. The number of hydrogen-bond donors (Lipinski definition) is 2.